The zero-order valence-corrected chi connectivity index (χ0v) is 11.2. The first-order valence-corrected chi connectivity index (χ1v) is 7.41. The summed E-state index contributed by atoms with van der Waals surface area (Å²) in [6.07, 6.45) is 6.63. The van der Waals surface area contributed by atoms with Crippen molar-refractivity contribution < 1.29 is 14.7 Å². The molecule has 1 aliphatic heterocycles. The van der Waals surface area contributed by atoms with Gasteiger partial charge in [0.05, 0.1) is 0 Å². The Labute approximate surface area is 113 Å². The van der Waals surface area contributed by atoms with E-state index in [-0.39, 0.29) is 6.03 Å². The Morgan fingerprint density at radius 2 is 1.63 bits per heavy atom. The quantitative estimate of drug-likeness (QED) is 0.801. The average molecular weight is 266 g/mol. The summed E-state index contributed by atoms with van der Waals surface area (Å²) in [5.41, 5.74) is -1.01. The second-order valence-corrected chi connectivity index (χ2v) is 6.38. The van der Waals surface area contributed by atoms with Gasteiger partial charge >= 0.3 is 12.0 Å². The third-order valence-corrected chi connectivity index (χ3v) is 5.23. The number of nitrogens with one attached hydrogen (secondary N) is 1. The number of carboxylic acid groups (broad SMARTS) is 1. The Hall–Kier alpha value is -1.26. The summed E-state index contributed by atoms with van der Waals surface area (Å²) in [5, 5.41) is 12.2. The Morgan fingerprint density at radius 3 is 2.16 bits per heavy atom. The molecule has 2 amide bonds. The van der Waals surface area contributed by atoms with Crippen molar-refractivity contribution in [1.29, 1.82) is 0 Å². The van der Waals surface area contributed by atoms with Gasteiger partial charge < -0.3 is 15.3 Å². The van der Waals surface area contributed by atoms with Crippen molar-refractivity contribution >= 4 is 12.0 Å². The lowest BCUT2D eigenvalue weighted by Crippen LogP contribution is -2.56. The van der Waals surface area contributed by atoms with Crippen LogP contribution in [0.5, 0.6) is 0 Å². The number of fused-ring (bicyclic) bond motifs is 1. The van der Waals surface area contributed by atoms with Gasteiger partial charge in [0.2, 0.25) is 0 Å². The molecule has 2 saturated carbocycles. The zero-order valence-electron chi connectivity index (χ0n) is 11.2. The van der Waals surface area contributed by atoms with E-state index in [2.05, 4.69) is 5.32 Å². The van der Waals surface area contributed by atoms with Crippen molar-refractivity contribution in [2.24, 2.45) is 11.8 Å². The van der Waals surface area contributed by atoms with Crippen LogP contribution in [0.3, 0.4) is 0 Å². The van der Waals surface area contributed by atoms with Crippen LogP contribution in [0.4, 0.5) is 4.79 Å². The highest BCUT2D eigenvalue weighted by molar-refractivity contribution is 5.86. The van der Waals surface area contributed by atoms with Crippen LogP contribution in [-0.2, 0) is 4.79 Å². The molecule has 1 heterocycles. The molecule has 0 aromatic carbocycles. The third kappa shape index (κ3) is 2.19. The van der Waals surface area contributed by atoms with Crippen molar-refractivity contribution in [2.75, 3.05) is 13.1 Å². The van der Waals surface area contributed by atoms with E-state index in [4.69, 9.17) is 0 Å². The normalized spacial score (nSPS) is 32.3. The van der Waals surface area contributed by atoms with E-state index in [9.17, 15) is 14.7 Å². The molecule has 0 spiro atoms. The van der Waals surface area contributed by atoms with Crippen LogP contribution in [0, 0.1) is 11.8 Å². The molecule has 2 atom stereocenters. The molecule has 0 bridgehead atoms. The van der Waals surface area contributed by atoms with Crippen molar-refractivity contribution in [3.05, 3.63) is 0 Å². The molecule has 5 heteroatoms. The molecule has 1 saturated heterocycles. The zero-order chi connectivity index (χ0) is 13.5. The van der Waals surface area contributed by atoms with E-state index in [1.807, 2.05) is 4.90 Å². The van der Waals surface area contributed by atoms with Crippen molar-refractivity contribution in [3.8, 4) is 0 Å². The minimum absolute atomic E-state index is 0.168. The SMILES string of the molecule is O=C(NC1(C(=O)O)CCCC1)N1CC2CCCC2C1. The average Bonchev–Trinajstić information content (AvgIpc) is 3.02. The number of aliphatic carboxylic acids is 1. The van der Waals surface area contributed by atoms with Gasteiger partial charge in [-0.2, -0.15) is 0 Å². The van der Waals surface area contributed by atoms with Crippen molar-refractivity contribution in [3.63, 3.8) is 0 Å². The summed E-state index contributed by atoms with van der Waals surface area (Å²) in [6, 6.07) is -0.168. The van der Waals surface area contributed by atoms with Crippen LogP contribution in [0.15, 0.2) is 0 Å². The molecule has 2 unspecified atom stereocenters. The van der Waals surface area contributed by atoms with E-state index in [0.717, 1.165) is 25.9 Å². The Balaban J connectivity index is 1.63. The minimum Gasteiger partial charge on any atom is -0.480 e. The Bertz CT molecular complexity index is 378. The largest absolute Gasteiger partial charge is 0.480 e. The second kappa shape index (κ2) is 4.69. The minimum atomic E-state index is -1.01. The number of nitrogens with zero attached hydrogens (tertiary/aromatic N) is 1. The van der Waals surface area contributed by atoms with Gasteiger partial charge in [0.15, 0.2) is 0 Å². The van der Waals surface area contributed by atoms with Gasteiger partial charge in [0.1, 0.15) is 5.54 Å². The number of carbonyl (C=O) groups is 2. The van der Waals surface area contributed by atoms with Gasteiger partial charge in [-0.25, -0.2) is 9.59 Å². The molecular formula is C14H22N2O3. The summed E-state index contributed by atoms with van der Waals surface area (Å²) >= 11 is 0. The number of carboxylic acids is 1. The fraction of sp³-hybridized carbons (Fsp3) is 0.857. The van der Waals surface area contributed by atoms with Crippen LogP contribution in [-0.4, -0.2) is 40.6 Å². The number of likely N-dealkylation sites (tertiary alicyclic amines) is 1. The molecule has 0 aromatic rings. The molecule has 2 aliphatic carbocycles. The number of amides is 2. The molecule has 19 heavy (non-hydrogen) atoms. The molecule has 106 valence electrons. The number of carbonyl (C=O) groups excluding carboxylic acids is 1. The Kier molecular flexibility index (Phi) is 3.15. The van der Waals surface area contributed by atoms with Gasteiger partial charge in [-0.1, -0.05) is 19.3 Å². The maximum Gasteiger partial charge on any atom is 0.329 e. The predicted octanol–water partition coefficient (Wildman–Crippen LogP) is 1.83. The van der Waals surface area contributed by atoms with Crippen molar-refractivity contribution in [1.82, 2.24) is 10.2 Å². The van der Waals surface area contributed by atoms with Gasteiger partial charge in [0.25, 0.3) is 0 Å². The fourth-order valence-electron chi connectivity index (χ4n) is 4.06. The molecule has 3 rings (SSSR count). The van der Waals surface area contributed by atoms with Crippen LogP contribution < -0.4 is 5.32 Å². The summed E-state index contributed by atoms with van der Waals surface area (Å²) in [7, 11) is 0. The second-order valence-electron chi connectivity index (χ2n) is 6.38. The number of hydrogen-bond donors (Lipinski definition) is 2. The van der Waals surface area contributed by atoms with Crippen molar-refractivity contribution in [2.45, 2.75) is 50.5 Å². The van der Waals surface area contributed by atoms with E-state index in [1.165, 1.54) is 19.3 Å². The number of hydrogen-bond acceptors (Lipinski definition) is 2. The van der Waals surface area contributed by atoms with E-state index >= 15 is 0 Å². The predicted molar refractivity (Wildman–Crippen MR) is 69.8 cm³/mol. The molecule has 5 nitrogen and oxygen atoms in total. The Morgan fingerprint density at radius 1 is 1.05 bits per heavy atom. The summed E-state index contributed by atoms with van der Waals surface area (Å²) < 4.78 is 0. The number of urea groups is 1. The number of rotatable bonds is 2. The van der Waals surface area contributed by atoms with Gasteiger partial charge in [0, 0.05) is 13.1 Å². The van der Waals surface area contributed by atoms with Gasteiger partial charge in [-0.3, -0.25) is 0 Å². The molecule has 3 aliphatic rings. The van der Waals surface area contributed by atoms with E-state index in [0.29, 0.717) is 24.7 Å². The summed E-state index contributed by atoms with van der Waals surface area (Å²) in [6.45, 7) is 1.62. The first kappa shape index (κ1) is 12.8. The van der Waals surface area contributed by atoms with Crippen LogP contribution in [0.2, 0.25) is 0 Å². The lowest BCUT2D eigenvalue weighted by atomic mass is 9.98. The van der Waals surface area contributed by atoms with Crippen LogP contribution in [0.1, 0.15) is 44.9 Å². The first-order valence-electron chi connectivity index (χ1n) is 7.41. The summed E-state index contributed by atoms with van der Waals surface area (Å²) in [5.74, 6) is 0.419. The highest BCUT2D eigenvalue weighted by Gasteiger charge is 2.45. The highest BCUT2D eigenvalue weighted by Crippen LogP contribution is 2.38. The molecular weight excluding hydrogens is 244 g/mol. The fourth-order valence-corrected chi connectivity index (χ4v) is 4.06. The third-order valence-electron chi connectivity index (χ3n) is 5.23. The summed E-state index contributed by atoms with van der Waals surface area (Å²) in [4.78, 5) is 25.6. The smallest absolute Gasteiger partial charge is 0.329 e. The highest BCUT2D eigenvalue weighted by atomic mass is 16.4. The molecule has 2 N–H and O–H groups in total. The lowest BCUT2D eigenvalue weighted by molar-refractivity contribution is -0.144. The molecule has 0 radical (unpaired) electrons. The molecule has 0 aromatic heterocycles. The van der Waals surface area contributed by atoms with Crippen LogP contribution in [0.25, 0.3) is 0 Å². The van der Waals surface area contributed by atoms with Crippen LogP contribution >= 0.6 is 0 Å². The van der Waals surface area contributed by atoms with Gasteiger partial charge in [-0.05, 0) is 37.5 Å². The van der Waals surface area contributed by atoms with E-state index in [1.54, 1.807) is 0 Å². The first-order chi connectivity index (χ1) is 9.11. The maximum atomic E-state index is 12.3. The van der Waals surface area contributed by atoms with Gasteiger partial charge in [-0.15, -0.1) is 0 Å². The monoisotopic (exact) mass is 266 g/mol. The topological polar surface area (TPSA) is 69.6 Å². The lowest BCUT2D eigenvalue weighted by Gasteiger charge is -2.28. The standard InChI is InChI=1S/C14H22N2O3/c17-12(18)14(6-1-2-7-14)15-13(19)16-8-10-4-3-5-11(10)9-16/h10-11H,1-9H2,(H,15,19)(H,17,18). The maximum absolute atomic E-state index is 12.3. The van der Waals surface area contributed by atoms with E-state index < -0.39 is 11.5 Å². The molecule has 3 fully saturated rings.